The molecule has 0 amide bonds. The molecule has 0 spiro atoms. The number of hydrogen-bond donors (Lipinski definition) is 1. The van der Waals surface area contributed by atoms with Crippen LogP contribution in [0.3, 0.4) is 0 Å². The van der Waals surface area contributed by atoms with E-state index in [1.165, 1.54) is 16.4 Å². The second-order valence-electron chi connectivity index (χ2n) is 3.83. The number of thioether (sulfide) groups is 3. The lowest BCUT2D eigenvalue weighted by Gasteiger charge is -2.09. The Kier molecular flexibility index (Phi) is 5.42. The van der Waals surface area contributed by atoms with Crippen molar-refractivity contribution >= 4 is 46.6 Å². The molecule has 0 bridgehead atoms. The van der Waals surface area contributed by atoms with Crippen LogP contribution in [0.4, 0.5) is 0 Å². The highest BCUT2D eigenvalue weighted by molar-refractivity contribution is 8.20. The Labute approximate surface area is 114 Å². The van der Waals surface area contributed by atoms with Gasteiger partial charge in [0.25, 0.3) is 0 Å². The van der Waals surface area contributed by atoms with Gasteiger partial charge in [-0.15, -0.1) is 34.9 Å². The van der Waals surface area contributed by atoms with Gasteiger partial charge >= 0.3 is 0 Å². The predicted octanol–water partition coefficient (Wildman–Crippen LogP) is 3.71. The summed E-state index contributed by atoms with van der Waals surface area (Å²) in [6.07, 6.45) is -0.169. The van der Waals surface area contributed by atoms with Crippen molar-refractivity contribution in [1.82, 2.24) is 0 Å². The Morgan fingerprint density at radius 2 is 2.50 bits per heavy atom. The van der Waals surface area contributed by atoms with Crippen molar-refractivity contribution in [3.05, 3.63) is 22.4 Å². The van der Waals surface area contributed by atoms with Gasteiger partial charge in [-0.25, -0.2) is 0 Å². The number of aliphatic hydroxyl groups excluding tert-OH is 1. The van der Waals surface area contributed by atoms with E-state index in [0.717, 1.165) is 11.0 Å². The van der Waals surface area contributed by atoms with E-state index in [-0.39, 0.29) is 6.10 Å². The molecule has 0 aromatic carbocycles. The Balaban J connectivity index is 1.72. The van der Waals surface area contributed by atoms with E-state index in [0.29, 0.717) is 4.58 Å². The molecule has 0 aliphatic carbocycles. The molecule has 3 unspecified atom stereocenters. The van der Waals surface area contributed by atoms with Crippen LogP contribution in [0.5, 0.6) is 0 Å². The Hall–Kier alpha value is 0.710. The summed E-state index contributed by atoms with van der Waals surface area (Å²) >= 11 is 7.90. The van der Waals surface area contributed by atoms with Crippen LogP contribution in [-0.2, 0) is 0 Å². The summed E-state index contributed by atoms with van der Waals surface area (Å²) in [6.45, 7) is 1.86. The molecule has 0 radical (unpaired) electrons. The van der Waals surface area contributed by atoms with Crippen LogP contribution in [-0.4, -0.2) is 33.7 Å². The molecular weight excluding hydrogens is 276 g/mol. The summed E-state index contributed by atoms with van der Waals surface area (Å²) < 4.78 is 0.650. The van der Waals surface area contributed by atoms with Crippen molar-refractivity contribution in [2.45, 2.75) is 22.9 Å². The van der Waals surface area contributed by atoms with E-state index in [4.69, 9.17) is 0 Å². The van der Waals surface area contributed by atoms with Crippen molar-refractivity contribution < 1.29 is 5.11 Å². The topological polar surface area (TPSA) is 20.2 Å². The Bertz CT molecular complexity index is 299. The fraction of sp³-hybridized carbons (Fsp3) is 0.636. The molecule has 90 valence electrons. The molecule has 1 aromatic heterocycles. The molecule has 1 saturated heterocycles. The van der Waals surface area contributed by atoms with Crippen LogP contribution >= 0.6 is 46.6 Å². The lowest BCUT2D eigenvalue weighted by atomic mass is 10.5. The second-order valence-corrected chi connectivity index (χ2v) is 8.73. The summed E-state index contributed by atoms with van der Waals surface area (Å²) in [7, 11) is 0. The zero-order chi connectivity index (χ0) is 11.4. The van der Waals surface area contributed by atoms with Crippen LogP contribution < -0.4 is 0 Å². The number of thiophene rings is 1. The third-order valence-corrected chi connectivity index (χ3v) is 8.31. The van der Waals surface area contributed by atoms with E-state index < -0.39 is 0 Å². The Morgan fingerprint density at radius 1 is 1.62 bits per heavy atom. The highest BCUT2D eigenvalue weighted by Gasteiger charge is 2.27. The third-order valence-electron chi connectivity index (χ3n) is 2.19. The lowest BCUT2D eigenvalue weighted by molar-refractivity contribution is 0.220. The summed E-state index contributed by atoms with van der Waals surface area (Å²) in [4.78, 5) is 1.50. The summed E-state index contributed by atoms with van der Waals surface area (Å²) in [5, 5.41) is 12.1. The minimum absolute atomic E-state index is 0.169. The van der Waals surface area contributed by atoms with Crippen LogP contribution in [0.1, 0.15) is 16.4 Å². The van der Waals surface area contributed by atoms with Gasteiger partial charge in [-0.3, -0.25) is 0 Å². The zero-order valence-electron chi connectivity index (χ0n) is 9.17. The molecule has 1 aliphatic rings. The number of aliphatic hydroxyl groups is 1. The summed E-state index contributed by atoms with van der Waals surface area (Å²) in [6, 6.07) is 4.37. The van der Waals surface area contributed by atoms with Crippen LogP contribution in [0, 0.1) is 0 Å². The average molecular weight is 293 g/mol. The van der Waals surface area contributed by atoms with Crippen LogP contribution in [0.25, 0.3) is 0 Å². The maximum Gasteiger partial charge on any atom is 0.0847 e. The molecular formula is C11H16OS4. The van der Waals surface area contributed by atoms with Crippen molar-refractivity contribution in [2.24, 2.45) is 0 Å². The van der Waals surface area contributed by atoms with Crippen LogP contribution in [0.2, 0.25) is 0 Å². The molecule has 1 aliphatic heterocycles. The first-order valence-corrected chi connectivity index (χ1v) is 9.34. The van der Waals surface area contributed by atoms with E-state index in [2.05, 4.69) is 41.0 Å². The lowest BCUT2D eigenvalue weighted by Crippen LogP contribution is -2.09. The van der Waals surface area contributed by atoms with Gasteiger partial charge in [0, 0.05) is 27.4 Å². The van der Waals surface area contributed by atoms with Crippen molar-refractivity contribution in [3.8, 4) is 0 Å². The summed E-state index contributed by atoms with van der Waals surface area (Å²) in [5.74, 6) is 3.29. The van der Waals surface area contributed by atoms with Gasteiger partial charge in [-0.2, -0.15) is 11.8 Å². The molecule has 1 aromatic rings. The van der Waals surface area contributed by atoms with Crippen molar-refractivity contribution in [2.75, 3.05) is 17.3 Å². The zero-order valence-corrected chi connectivity index (χ0v) is 12.4. The monoisotopic (exact) mass is 292 g/mol. The molecule has 1 nitrogen and oxygen atoms in total. The average Bonchev–Trinajstić information content (AvgIpc) is 2.85. The van der Waals surface area contributed by atoms with Gasteiger partial charge < -0.3 is 5.11 Å². The summed E-state index contributed by atoms with van der Waals surface area (Å²) in [5.41, 5.74) is 0. The van der Waals surface area contributed by atoms with E-state index in [1.807, 2.05) is 30.0 Å². The molecule has 16 heavy (non-hydrogen) atoms. The molecule has 1 N–H and O–H groups in total. The Morgan fingerprint density at radius 3 is 3.19 bits per heavy atom. The predicted molar refractivity (Wildman–Crippen MR) is 79.9 cm³/mol. The molecule has 2 heterocycles. The van der Waals surface area contributed by atoms with Gasteiger partial charge in [0.15, 0.2) is 0 Å². The maximum absolute atomic E-state index is 9.20. The molecule has 0 saturated carbocycles. The van der Waals surface area contributed by atoms with Gasteiger partial charge in [0.1, 0.15) is 0 Å². The van der Waals surface area contributed by atoms with Gasteiger partial charge in [0.05, 0.1) is 10.7 Å². The van der Waals surface area contributed by atoms with Crippen molar-refractivity contribution in [1.29, 1.82) is 0 Å². The minimum atomic E-state index is -0.169. The highest BCUT2D eigenvalue weighted by atomic mass is 32.2. The van der Waals surface area contributed by atoms with E-state index >= 15 is 0 Å². The van der Waals surface area contributed by atoms with E-state index in [9.17, 15) is 5.11 Å². The molecule has 3 atom stereocenters. The fourth-order valence-corrected chi connectivity index (χ4v) is 7.26. The smallest absolute Gasteiger partial charge is 0.0847 e. The first-order chi connectivity index (χ1) is 7.75. The van der Waals surface area contributed by atoms with Crippen molar-refractivity contribution in [3.63, 3.8) is 0 Å². The fourth-order valence-electron chi connectivity index (χ4n) is 1.48. The first kappa shape index (κ1) is 13.1. The third kappa shape index (κ3) is 3.88. The normalized spacial score (nSPS) is 27.1. The number of rotatable bonds is 5. The minimum Gasteiger partial charge on any atom is -0.393 e. The highest BCUT2D eigenvalue weighted by Crippen LogP contribution is 2.51. The number of hydrogen-bond acceptors (Lipinski definition) is 5. The van der Waals surface area contributed by atoms with E-state index in [1.54, 1.807) is 0 Å². The quantitative estimate of drug-likeness (QED) is 0.892. The van der Waals surface area contributed by atoms with Gasteiger partial charge in [-0.05, 0) is 18.4 Å². The van der Waals surface area contributed by atoms with Gasteiger partial charge in [0.2, 0.25) is 0 Å². The largest absolute Gasteiger partial charge is 0.393 e. The first-order valence-electron chi connectivity index (χ1n) is 5.32. The molecule has 2 rings (SSSR count). The molecule has 1 fully saturated rings. The van der Waals surface area contributed by atoms with Crippen LogP contribution in [0.15, 0.2) is 17.5 Å². The molecule has 5 heteroatoms. The second kappa shape index (κ2) is 6.59. The maximum atomic E-state index is 9.20. The SMILES string of the molecule is CC(O)CSCC1CSC(c2cccs2)S1. The van der Waals surface area contributed by atoms with Gasteiger partial charge in [-0.1, -0.05) is 6.07 Å². The standard InChI is InChI=1S/C11H16OS4/c1-8(12)5-13-6-9-7-15-11(16-9)10-3-2-4-14-10/h2-4,8-9,11-12H,5-7H2,1H3.